The van der Waals surface area contributed by atoms with Gasteiger partial charge in [-0.25, -0.2) is 0 Å². The van der Waals surface area contributed by atoms with Gasteiger partial charge in [-0.1, -0.05) is 55.1 Å². The predicted octanol–water partition coefficient (Wildman–Crippen LogP) is 2.23. The summed E-state index contributed by atoms with van der Waals surface area (Å²) in [6.45, 7) is 0. The van der Waals surface area contributed by atoms with E-state index in [4.69, 9.17) is 28.3 Å². The van der Waals surface area contributed by atoms with Crippen LogP contribution in [0.5, 0.6) is 0 Å². The second-order valence-electron chi connectivity index (χ2n) is 0.888. The molecule has 0 spiro atoms. The topological polar surface area (TPSA) is 20.2 Å². The Hall–Kier alpha value is 1.50. The monoisotopic (exact) mass is 270 g/mol. The Morgan fingerprint density at radius 2 is 1.57 bits per heavy atom. The lowest BCUT2D eigenvalue weighted by atomic mass is 10.9. The first kappa shape index (κ1) is 8.50. The maximum absolute atomic E-state index is 8.53. The molecule has 0 bridgehead atoms. The van der Waals surface area contributed by atoms with Gasteiger partial charge >= 0.3 is 0 Å². The first-order valence-corrected chi connectivity index (χ1v) is 3.91. The Labute approximate surface area is 68.2 Å². The van der Waals surface area contributed by atoms with Crippen LogP contribution in [0.2, 0.25) is 0 Å². The second-order valence-corrected chi connectivity index (χ2v) is 5.29. The lowest BCUT2D eigenvalue weighted by molar-refractivity contribution is 0.236. The van der Waals surface area contributed by atoms with E-state index in [-0.39, 0.29) is 0 Å². The van der Waals surface area contributed by atoms with E-state index >= 15 is 0 Å². The van der Waals surface area contributed by atoms with E-state index in [1.165, 1.54) is 0 Å². The molecule has 0 rings (SSSR count). The lowest BCUT2D eigenvalue weighted by Crippen LogP contribution is -2.18. The molecule has 0 aromatic carbocycles. The van der Waals surface area contributed by atoms with E-state index in [1.807, 2.05) is 0 Å². The van der Waals surface area contributed by atoms with E-state index < -0.39 is 8.26 Å². The van der Waals surface area contributed by atoms with Gasteiger partial charge in [-0.3, -0.25) is 0 Å². The summed E-state index contributed by atoms with van der Waals surface area (Å²) in [5.74, 6) is 0. The van der Waals surface area contributed by atoms with E-state index in [2.05, 4.69) is 31.9 Å². The average Bonchev–Trinajstić information content (AvgIpc) is 1.31. The summed E-state index contributed by atoms with van der Waals surface area (Å²) in [5.41, 5.74) is 0. The van der Waals surface area contributed by atoms with Crippen molar-refractivity contribution < 1.29 is 5.11 Å². The van der Waals surface area contributed by atoms with Crippen molar-refractivity contribution in [2.75, 3.05) is 0 Å². The lowest BCUT2D eigenvalue weighted by Gasteiger charge is -2.11. The predicted molar refractivity (Wildman–Crippen MR) is 38.3 cm³/mol. The average molecular weight is 273 g/mol. The van der Waals surface area contributed by atoms with E-state index in [0.717, 1.165) is 0 Å². The SMILES string of the molecule is OC(Cl)(Cl)C(Br)Br. The molecule has 44 valence electrons. The number of alkyl halides is 4. The summed E-state index contributed by atoms with van der Waals surface area (Å²) in [6, 6.07) is 0. The summed E-state index contributed by atoms with van der Waals surface area (Å²) >= 11 is 16.0. The first-order valence-electron chi connectivity index (χ1n) is 1.33. The fourth-order valence-corrected chi connectivity index (χ4v) is 0. The van der Waals surface area contributed by atoms with Crippen LogP contribution in [0, 0.1) is 0 Å². The number of hydrogen-bond acceptors (Lipinski definition) is 1. The Morgan fingerprint density at radius 3 is 1.57 bits per heavy atom. The molecule has 0 saturated carbocycles. The van der Waals surface area contributed by atoms with Crippen molar-refractivity contribution in [3.8, 4) is 0 Å². The van der Waals surface area contributed by atoms with Crippen molar-refractivity contribution in [2.24, 2.45) is 0 Å². The van der Waals surface area contributed by atoms with Gasteiger partial charge < -0.3 is 5.11 Å². The van der Waals surface area contributed by atoms with Crippen LogP contribution in [0.15, 0.2) is 0 Å². The first-order chi connectivity index (χ1) is 2.94. The van der Waals surface area contributed by atoms with E-state index in [9.17, 15) is 0 Å². The van der Waals surface area contributed by atoms with Crippen molar-refractivity contribution >= 4 is 55.1 Å². The molecule has 1 N–H and O–H groups in total. The minimum Gasteiger partial charge on any atom is -0.361 e. The maximum atomic E-state index is 8.53. The highest BCUT2D eigenvalue weighted by Crippen LogP contribution is 2.31. The molecule has 0 unspecified atom stereocenters. The van der Waals surface area contributed by atoms with Gasteiger partial charge in [0.2, 0.25) is 4.52 Å². The molecule has 0 amide bonds. The largest absolute Gasteiger partial charge is 0.361 e. The minimum atomic E-state index is -1.72. The number of rotatable bonds is 1. The van der Waals surface area contributed by atoms with Gasteiger partial charge in [0.05, 0.1) is 0 Å². The van der Waals surface area contributed by atoms with Crippen LogP contribution >= 0.6 is 55.1 Å². The molecule has 0 aromatic rings. The normalized spacial score (nSPS) is 12.9. The summed E-state index contributed by atoms with van der Waals surface area (Å²) in [5, 5.41) is 8.53. The van der Waals surface area contributed by atoms with Crippen LogP contribution in [0.1, 0.15) is 0 Å². The molecule has 0 aliphatic carbocycles. The fourth-order valence-electron chi connectivity index (χ4n) is 0. The third-order valence-electron chi connectivity index (χ3n) is 0.263. The zero-order valence-electron chi connectivity index (χ0n) is 3.04. The van der Waals surface area contributed by atoms with E-state index in [1.54, 1.807) is 0 Å². The Bertz CT molecular complexity index is 59.2. The molecular weight excluding hydrogens is 271 g/mol. The quantitative estimate of drug-likeness (QED) is 0.726. The van der Waals surface area contributed by atoms with Crippen molar-refractivity contribution in [1.82, 2.24) is 0 Å². The molecule has 0 aliphatic rings. The van der Waals surface area contributed by atoms with E-state index in [0.29, 0.717) is 0 Å². The van der Waals surface area contributed by atoms with Gasteiger partial charge in [0.1, 0.15) is 3.74 Å². The van der Waals surface area contributed by atoms with Crippen LogP contribution in [-0.2, 0) is 0 Å². The molecule has 0 fully saturated rings. The number of aliphatic hydroxyl groups is 1. The Kier molecular flexibility index (Phi) is 3.49. The minimum absolute atomic E-state index is 0.490. The molecule has 0 atom stereocenters. The summed E-state index contributed by atoms with van der Waals surface area (Å²) < 4.78 is -2.21. The third kappa shape index (κ3) is 4.03. The summed E-state index contributed by atoms with van der Waals surface area (Å²) in [7, 11) is 0. The number of hydrogen-bond donors (Lipinski definition) is 1. The van der Waals surface area contributed by atoms with Gasteiger partial charge in [-0.15, -0.1) is 0 Å². The van der Waals surface area contributed by atoms with Crippen molar-refractivity contribution in [3.05, 3.63) is 0 Å². The fraction of sp³-hybridized carbons (Fsp3) is 1.00. The van der Waals surface area contributed by atoms with Crippen LogP contribution in [0.25, 0.3) is 0 Å². The van der Waals surface area contributed by atoms with Crippen molar-refractivity contribution in [1.29, 1.82) is 0 Å². The molecule has 0 heterocycles. The summed E-state index contributed by atoms with van der Waals surface area (Å²) in [4.78, 5) is 0. The van der Waals surface area contributed by atoms with Crippen LogP contribution in [-0.4, -0.2) is 13.4 Å². The third-order valence-corrected chi connectivity index (χ3v) is 3.08. The summed E-state index contributed by atoms with van der Waals surface area (Å²) in [6.07, 6.45) is 0. The highest BCUT2D eigenvalue weighted by Gasteiger charge is 2.26. The zero-order chi connectivity index (χ0) is 6.08. The Balaban J connectivity index is 3.54. The highest BCUT2D eigenvalue weighted by molar-refractivity contribution is 9.24. The maximum Gasteiger partial charge on any atom is 0.237 e. The molecular formula is C2H2Br2Cl2O. The van der Waals surface area contributed by atoms with Gasteiger partial charge in [-0.2, -0.15) is 0 Å². The van der Waals surface area contributed by atoms with Gasteiger partial charge in [0, 0.05) is 0 Å². The van der Waals surface area contributed by atoms with Crippen molar-refractivity contribution in [2.45, 2.75) is 8.26 Å². The van der Waals surface area contributed by atoms with Gasteiger partial charge in [0.25, 0.3) is 0 Å². The highest BCUT2D eigenvalue weighted by atomic mass is 79.9. The molecule has 0 aliphatic heterocycles. The van der Waals surface area contributed by atoms with Crippen LogP contribution in [0.3, 0.4) is 0 Å². The van der Waals surface area contributed by atoms with Gasteiger partial charge in [0.15, 0.2) is 0 Å². The molecule has 1 nitrogen and oxygen atoms in total. The molecule has 0 saturated heterocycles. The van der Waals surface area contributed by atoms with Crippen molar-refractivity contribution in [3.63, 3.8) is 0 Å². The standard InChI is InChI=1S/C2H2Br2Cl2O/c3-1(4)2(5,6)7/h1,7H. The Morgan fingerprint density at radius 1 is 1.43 bits per heavy atom. The number of halogens is 4. The smallest absolute Gasteiger partial charge is 0.237 e. The molecule has 5 heteroatoms. The van der Waals surface area contributed by atoms with Gasteiger partial charge in [-0.05, 0) is 0 Å². The molecule has 0 aromatic heterocycles. The van der Waals surface area contributed by atoms with Crippen LogP contribution < -0.4 is 0 Å². The van der Waals surface area contributed by atoms with Crippen LogP contribution in [0.4, 0.5) is 0 Å². The second kappa shape index (κ2) is 2.87. The zero-order valence-corrected chi connectivity index (χ0v) is 7.72. The molecule has 0 radical (unpaired) electrons. The molecule has 7 heavy (non-hydrogen) atoms.